The minimum Gasteiger partial charge on any atom is -0.271 e. The van der Waals surface area contributed by atoms with Crippen molar-refractivity contribution >= 4 is 11.6 Å². The monoisotopic (exact) mass is 244 g/mol. The van der Waals surface area contributed by atoms with Gasteiger partial charge in [0.1, 0.15) is 5.82 Å². The highest BCUT2D eigenvalue weighted by Crippen LogP contribution is 2.17. The second-order valence-corrected chi connectivity index (χ2v) is 4.37. The summed E-state index contributed by atoms with van der Waals surface area (Å²) in [7, 11) is 0. The number of rotatable bonds is 6. The lowest BCUT2D eigenvalue weighted by molar-refractivity contribution is 0.472. The summed E-state index contributed by atoms with van der Waals surface area (Å²) < 4.78 is 13.2. The highest BCUT2D eigenvalue weighted by atomic mass is 35.5. The molecule has 3 N–H and O–H groups in total. The van der Waals surface area contributed by atoms with Crippen LogP contribution in [0.25, 0.3) is 0 Å². The molecule has 90 valence electrons. The van der Waals surface area contributed by atoms with Crippen LogP contribution in [0, 0.1) is 5.82 Å². The second-order valence-electron chi connectivity index (χ2n) is 3.96. The molecule has 0 aliphatic heterocycles. The van der Waals surface area contributed by atoms with Gasteiger partial charge in [0.2, 0.25) is 0 Å². The maximum Gasteiger partial charge on any atom is 0.142 e. The van der Waals surface area contributed by atoms with Gasteiger partial charge in [0, 0.05) is 6.04 Å². The lowest BCUT2D eigenvalue weighted by atomic mass is 10.0. The van der Waals surface area contributed by atoms with Gasteiger partial charge < -0.3 is 0 Å². The van der Waals surface area contributed by atoms with Gasteiger partial charge in [-0.05, 0) is 30.5 Å². The van der Waals surface area contributed by atoms with E-state index in [1.165, 1.54) is 6.07 Å². The third-order valence-electron chi connectivity index (χ3n) is 2.61. The van der Waals surface area contributed by atoms with Crippen LogP contribution in [-0.4, -0.2) is 6.04 Å². The number of hydrogen-bond donors (Lipinski definition) is 2. The van der Waals surface area contributed by atoms with Crippen molar-refractivity contribution in [1.29, 1.82) is 0 Å². The summed E-state index contributed by atoms with van der Waals surface area (Å²) in [5.74, 6) is 5.09. The van der Waals surface area contributed by atoms with Gasteiger partial charge in [-0.2, -0.15) is 0 Å². The molecule has 1 atom stereocenters. The fraction of sp³-hybridized carbons (Fsp3) is 0.500. The van der Waals surface area contributed by atoms with Crippen LogP contribution in [0.2, 0.25) is 5.02 Å². The lowest BCUT2D eigenvalue weighted by Gasteiger charge is -2.15. The first-order chi connectivity index (χ1) is 7.67. The number of nitrogens with two attached hydrogens (primary N) is 1. The Labute approximate surface area is 101 Å². The van der Waals surface area contributed by atoms with Crippen LogP contribution in [0.4, 0.5) is 4.39 Å². The van der Waals surface area contributed by atoms with Crippen molar-refractivity contribution in [2.24, 2.45) is 5.84 Å². The molecule has 0 saturated carbocycles. The predicted octanol–water partition coefficient (Wildman–Crippen LogP) is 3.04. The van der Waals surface area contributed by atoms with Crippen molar-refractivity contribution in [3.8, 4) is 0 Å². The van der Waals surface area contributed by atoms with E-state index in [2.05, 4.69) is 12.3 Å². The molecule has 0 aliphatic rings. The highest BCUT2D eigenvalue weighted by Gasteiger charge is 2.08. The molecule has 0 aliphatic carbocycles. The average Bonchev–Trinajstić information content (AvgIpc) is 2.29. The largest absolute Gasteiger partial charge is 0.271 e. The Bertz CT molecular complexity index is 331. The van der Waals surface area contributed by atoms with E-state index in [4.69, 9.17) is 17.4 Å². The summed E-state index contributed by atoms with van der Waals surface area (Å²) in [4.78, 5) is 0. The summed E-state index contributed by atoms with van der Waals surface area (Å²) in [6, 6.07) is 5.08. The van der Waals surface area contributed by atoms with Crippen molar-refractivity contribution in [1.82, 2.24) is 5.43 Å². The molecule has 1 unspecified atom stereocenters. The van der Waals surface area contributed by atoms with Crippen LogP contribution in [0.3, 0.4) is 0 Å². The van der Waals surface area contributed by atoms with Gasteiger partial charge in [-0.15, -0.1) is 0 Å². The number of halogens is 2. The molecule has 0 spiro atoms. The molecule has 0 bridgehead atoms. The normalized spacial score (nSPS) is 12.8. The van der Waals surface area contributed by atoms with E-state index in [-0.39, 0.29) is 16.9 Å². The zero-order chi connectivity index (χ0) is 12.0. The number of unbranched alkanes of at least 4 members (excludes halogenated alkanes) is 1. The molecular formula is C12H18ClFN2. The Morgan fingerprint density at radius 2 is 2.25 bits per heavy atom. The third-order valence-corrected chi connectivity index (χ3v) is 2.91. The number of nitrogens with one attached hydrogen (secondary N) is 1. The quantitative estimate of drug-likeness (QED) is 0.596. The van der Waals surface area contributed by atoms with E-state index < -0.39 is 0 Å². The van der Waals surface area contributed by atoms with Gasteiger partial charge in [0.15, 0.2) is 0 Å². The van der Waals surface area contributed by atoms with Gasteiger partial charge in [0.05, 0.1) is 5.02 Å². The molecule has 0 radical (unpaired) electrons. The maximum absolute atomic E-state index is 13.2. The fourth-order valence-electron chi connectivity index (χ4n) is 1.65. The smallest absolute Gasteiger partial charge is 0.142 e. The van der Waals surface area contributed by atoms with E-state index in [1.54, 1.807) is 6.07 Å². The molecule has 0 amide bonds. The molecular weight excluding hydrogens is 227 g/mol. The van der Waals surface area contributed by atoms with Gasteiger partial charge in [-0.25, -0.2) is 4.39 Å². The standard InChI is InChI=1S/C12H18ClFN2/c1-2-3-4-10(16-15)7-9-5-6-11(13)12(14)8-9/h5-6,8,10,16H,2-4,7,15H2,1H3. The fourth-order valence-corrected chi connectivity index (χ4v) is 1.76. The first-order valence-corrected chi connectivity index (χ1v) is 5.95. The molecule has 1 aromatic rings. The van der Waals surface area contributed by atoms with Crippen LogP contribution >= 0.6 is 11.6 Å². The topological polar surface area (TPSA) is 38.0 Å². The van der Waals surface area contributed by atoms with E-state index in [0.29, 0.717) is 0 Å². The Balaban J connectivity index is 2.59. The Morgan fingerprint density at radius 3 is 2.81 bits per heavy atom. The maximum atomic E-state index is 13.2. The Hall–Kier alpha value is -0.640. The van der Waals surface area contributed by atoms with Gasteiger partial charge >= 0.3 is 0 Å². The molecule has 16 heavy (non-hydrogen) atoms. The molecule has 0 heterocycles. The van der Waals surface area contributed by atoms with Crippen LogP contribution < -0.4 is 11.3 Å². The predicted molar refractivity (Wildman–Crippen MR) is 65.8 cm³/mol. The molecule has 0 aromatic heterocycles. The number of benzene rings is 1. The van der Waals surface area contributed by atoms with Crippen LogP contribution in [0.15, 0.2) is 18.2 Å². The van der Waals surface area contributed by atoms with Gasteiger partial charge in [-0.1, -0.05) is 37.4 Å². The summed E-state index contributed by atoms with van der Waals surface area (Å²) in [6.45, 7) is 2.13. The lowest BCUT2D eigenvalue weighted by Crippen LogP contribution is -2.36. The first kappa shape index (κ1) is 13.4. The highest BCUT2D eigenvalue weighted by molar-refractivity contribution is 6.30. The summed E-state index contributed by atoms with van der Waals surface area (Å²) in [6.07, 6.45) is 3.97. The second kappa shape index (κ2) is 6.84. The molecule has 0 fully saturated rings. The van der Waals surface area contributed by atoms with Crippen molar-refractivity contribution in [2.45, 2.75) is 38.6 Å². The zero-order valence-electron chi connectivity index (χ0n) is 9.47. The van der Waals surface area contributed by atoms with E-state index >= 15 is 0 Å². The number of hydrazine groups is 1. The third kappa shape index (κ3) is 4.08. The zero-order valence-corrected chi connectivity index (χ0v) is 10.2. The Kier molecular flexibility index (Phi) is 5.74. The molecule has 1 rings (SSSR count). The van der Waals surface area contributed by atoms with E-state index in [9.17, 15) is 4.39 Å². The molecule has 2 nitrogen and oxygen atoms in total. The van der Waals surface area contributed by atoms with Crippen molar-refractivity contribution in [3.05, 3.63) is 34.6 Å². The van der Waals surface area contributed by atoms with Crippen molar-refractivity contribution in [2.75, 3.05) is 0 Å². The van der Waals surface area contributed by atoms with Crippen LogP contribution in [0.5, 0.6) is 0 Å². The van der Waals surface area contributed by atoms with Crippen molar-refractivity contribution < 1.29 is 4.39 Å². The Morgan fingerprint density at radius 1 is 1.50 bits per heavy atom. The summed E-state index contributed by atoms with van der Waals surface area (Å²) >= 11 is 5.62. The van der Waals surface area contributed by atoms with E-state index in [1.807, 2.05) is 6.07 Å². The molecule has 1 aromatic carbocycles. The summed E-state index contributed by atoms with van der Waals surface area (Å²) in [5, 5.41) is 0.162. The van der Waals surface area contributed by atoms with E-state index in [0.717, 1.165) is 31.2 Å². The van der Waals surface area contributed by atoms with Gasteiger partial charge in [-0.3, -0.25) is 11.3 Å². The minimum atomic E-state index is -0.370. The number of hydrogen-bond acceptors (Lipinski definition) is 2. The molecule has 4 heteroatoms. The van der Waals surface area contributed by atoms with Crippen LogP contribution in [0.1, 0.15) is 31.7 Å². The SMILES string of the molecule is CCCCC(Cc1ccc(Cl)c(F)c1)NN. The average molecular weight is 245 g/mol. The van der Waals surface area contributed by atoms with Crippen LogP contribution in [-0.2, 0) is 6.42 Å². The van der Waals surface area contributed by atoms with Gasteiger partial charge in [0.25, 0.3) is 0 Å². The minimum absolute atomic E-state index is 0.162. The first-order valence-electron chi connectivity index (χ1n) is 5.57. The molecule has 0 saturated heterocycles. The summed E-state index contributed by atoms with van der Waals surface area (Å²) in [5.41, 5.74) is 3.68. The van der Waals surface area contributed by atoms with Crippen molar-refractivity contribution in [3.63, 3.8) is 0 Å².